The van der Waals surface area contributed by atoms with Gasteiger partial charge in [-0.25, -0.2) is 0 Å². The third kappa shape index (κ3) is 5.60. The Kier molecular flexibility index (Phi) is 7.88. The average Bonchev–Trinajstić information content (AvgIpc) is 2.82. The number of allylic oxidation sites excluding steroid dienone is 1. The van der Waals surface area contributed by atoms with Crippen molar-refractivity contribution in [1.29, 1.82) is 0 Å². The number of carbonyl (C=O) groups excluding carboxylic acids is 2. The Morgan fingerprint density at radius 2 is 1.67 bits per heavy atom. The molecule has 1 heterocycles. The lowest BCUT2D eigenvalue weighted by atomic mass is 9.71. The Hall–Kier alpha value is -3.18. The molecule has 3 unspecified atom stereocenters. The summed E-state index contributed by atoms with van der Waals surface area (Å²) in [5, 5.41) is 3.18. The van der Waals surface area contributed by atoms with Crippen LogP contribution in [-0.4, -0.2) is 31.1 Å². The van der Waals surface area contributed by atoms with E-state index in [9.17, 15) is 9.59 Å². The number of carbonyl (C=O) groups is 2. The fourth-order valence-electron chi connectivity index (χ4n) is 4.32. The van der Waals surface area contributed by atoms with Gasteiger partial charge in [-0.2, -0.15) is 0 Å². The van der Waals surface area contributed by atoms with Crippen molar-refractivity contribution in [2.45, 2.75) is 51.7 Å². The summed E-state index contributed by atoms with van der Waals surface area (Å²) in [6.45, 7) is 11.4. The highest BCUT2D eigenvalue weighted by Crippen LogP contribution is 2.40. The number of hydrogen-bond donors (Lipinski definition) is 1. The van der Waals surface area contributed by atoms with Gasteiger partial charge < -0.3 is 14.8 Å². The predicted molar refractivity (Wildman–Crippen MR) is 131 cm³/mol. The first kappa shape index (κ1) is 24.5. The topological polar surface area (TPSA) is 64.6 Å². The first-order valence-electron chi connectivity index (χ1n) is 11.3. The van der Waals surface area contributed by atoms with E-state index in [2.05, 4.69) is 30.6 Å². The van der Waals surface area contributed by atoms with Crippen LogP contribution in [0.2, 0.25) is 0 Å². The number of nitrogens with one attached hydrogen (secondary N) is 1. The maximum Gasteiger partial charge on any atom is 0.322 e. The number of Topliss-reactive ketones (excluding diaryl/α,β-unsaturated/α-hetero) is 1. The summed E-state index contributed by atoms with van der Waals surface area (Å²) in [7, 11) is 1.30. The normalized spacial score (nSPS) is 22.6. The Balaban J connectivity index is 1.75. The Bertz CT molecular complexity index is 1010. The lowest BCUT2D eigenvalue weighted by Gasteiger charge is -2.42. The molecule has 1 N–H and O–H groups in total. The summed E-state index contributed by atoms with van der Waals surface area (Å²) in [6.07, 6.45) is 1.54. The summed E-state index contributed by atoms with van der Waals surface area (Å²) < 4.78 is 11.4. The summed E-state index contributed by atoms with van der Waals surface area (Å²) in [5.74, 6) is -0.870. The molecule has 0 amide bonds. The second-order valence-corrected chi connectivity index (χ2v) is 8.83. The van der Waals surface area contributed by atoms with E-state index >= 15 is 0 Å². The van der Waals surface area contributed by atoms with E-state index in [4.69, 9.17) is 9.47 Å². The van der Waals surface area contributed by atoms with E-state index in [-0.39, 0.29) is 5.78 Å². The first-order chi connectivity index (χ1) is 15.8. The third-order valence-electron chi connectivity index (χ3n) is 6.28. The minimum Gasteiger partial charge on any atom is -0.468 e. The van der Waals surface area contributed by atoms with Crippen LogP contribution in [0.1, 0.15) is 37.8 Å². The standard InChI is InChI=1S/C28H33NO4/c1-19(2)29-23-15-11-22(12-16-23)14-18-25-28(4,27(31)32-5)26(30)20(3)24(33-25)17-13-21-9-7-6-8-10-21/h6-12,15-16,24-25,29H,1,3,13-14,17-18H2,2,4-5H3. The van der Waals surface area contributed by atoms with Gasteiger partial charge in [0.15, 0.2) is 11.2 Å². The summed E-state index contributed by atoms with van der Waals surface area (Å²) in [4.78, 5) is 26.1. The van der Waals surface area contributed by atoms with Gasteiger partial charge in [-0.15, -0.1) is 0 Å². The van der Waals surface area contributed by atoms with Gasteiger partial charge in [-0.3, -0.25) is 9.59 Å². The number of ether oxygens (including phenoxy) is 2. The number of anilines is 1. The largest absolute Gasteiger partial charge is 0.468 e. The molecule has 5 nitrogen and oxygen atoms in total. The van der Waals surface area contributed by atoms with Gasteiger partial charge >= 0.3 is 5.97 Å². The zero-order valence-electron chi connectivity index (χ0n) is 19.7. The van der Waals surface area contributed by atoms with Crippen LogP contribution in [0.25, 0.3) is 0 Å². The van der Waals surface area contributed by atoms with E-state index < -0.39 is 23.6 Å². The Labute approximate surface area is 196 Å². The molecule has 3 atom stereocenters. The number of benzene rings is 2. The van der Waals surface area contributed by atoms with E-state index in [1.54, 1.807) is 6.92 Å². The second kappa shape index (κ2) is 10.6. The molecule has 0 radical (unpaired) electrons. The Morgan fingerprint density at radius 3 is 2.27 bits per heavy atom. The van der Waals surface area contributed by atoms with Crippen LogP contribution in [-0.2, 0) is 31.9 Å². The lowest BCUT2D eigenvalue weighted by molar-refractivity contribution is -0.176. The number of hydrogen-bond acceptors (Lipinski definition) is 5. The zero-order chi connectivity index (χ0) is 24.0. The molecule has 0 bridgehead atoms. The van der Waals surface area contributed by atoms with Crippen LogP contribution >= 0.6 is 0 Å². The number of aryl methyl sites for hydroxylation is 2. The lowest BCUT2D eigenvalue weighted by Crippen LogP contribution is -2.55. The fraction of sp³-hybridized carbons (Fsp3) is 0.357. The molecule has 2 aromatic rings. The van der Waals surface area contributed by atoms with E-state index in [0.717, 1.165) is 23.4 Å². The van der Waals surface area contributed by atoms with Gasteiger partial charge in [0.25, 0.3) is 0 Å². The molecular formula is C28H33NO4. The van der Waals surface area contributed by atoms with Crippen molar-refractivity contribution in [3.8, 4) is 0 Å². The molecule has 1 aliphatic rings. The van der Waals surface area contributed by atoms with Gasteiger partial charge in [0.05, 0.1) is 19.3 Å². The maximum atomic E-state index is 13.3. The maximum absolute atomic E-state index is 13.3. The minimum absolute atomic E-state index is 0.287. The van der Waals surface area contributed by atoms with Crippen molar-refractivity contribution in [2.24, 2.45) is 5.41 Å². The molecule has 3 rings (SSSR count). The van der Waals surface area contributed by atoms with Gasteiger partial charge in [-0.1, -0.05) is 55.6 Å². The quantitative estimate of drug-likeness (QED) is 0.322. The summed E-state index contributed by atoms with van der Waals surface area (Å²) in [5.41, 5.74) is 3.03. The van der Waals surface area contributed by atoms with Gasteiger partial charge in [0.2, 0.25) is 0 Å². The van der Waals surface area contributed by atoms with Crippen LogP contribution in [0.3, 0.4) is 0 Å². The fourth-order valence-corrected chi connectivity index (χ4v) is 4.32. The third-order valence-corrected chi connectivity index (χ3v) is 6.28. The highest BCUT2D eigenvalue weighted by Gasteiger charge is 2.55. The van der Waals surface area contributed by atoms with Crippen LogP contribution in [0.15, 0.2) is 79.0 Å². The van der Waals surface area contributed by atoms with Crippen LogP contribution in [0.5, 0.6) is 0 Å². The van der Waals surface area contributed by atoms with Crippen molar-refractivity contribution < 1.29 is 19.1 Å². The second-order valence-electron chi connectivity index (χ2n) is 8.83. The molecular weight excluding hydrogens is 414 g/mol. The molecule has 33 heavy (non-hydrogen) atoms. The molecule has 0 saturated carbocycles. The van der Waals surface area contributed by atoms with Crippen molar-refractivity contribution in [3.63, 3.8) is 0 Å². The van der Waals surface area contributed by atoms with Crippen LogP contribution < -0.4 is 5.32 Å². The van der Waals surface area contributed by atoms with E-state index in [1.807, 2.05) is 49.4 Å². The van der Waals surface area contributed by atoms with Crippen molar-refractivity contribution in [3.05, 3.63) is 90.2 Å². The van der Waals surface area contributed by atoms with Crippen molar-refractivity contribution in [1.82, 2.24) is 0 Å². The predicted octanol–water partition coefficient (Wildman–Crippen LogP) is 5.27. The monoisotopic (exact) mass is 447 g/mol. The molecule has 1 saturated heterocycles. The number of methoxy groups -OCH3 is 1. The van der Waals surface area contributed by atoms with E-state index in [1.165, 1.54) is 12.7 Å². The summed E-state index contributed by atoms with van der Waals surface area (Å²) >= 11 is 0. The highest BCUT2D eigenvalue weighted by molar-refractivity contribution is 6.13. The minimum atomic E-state index is -1.41. The molecule has 0 spiro atoms. The van der Waals surface area contributed by atoms with E-state index in [0.29, 0.717) is 24.8 Å². The van der Waals surface area contributed by atoms with Crippen LogP contribution in [0, 0.1) is 5.41 Å². The molecule has 1 aliphatic heterocycles. The van der Waals surface area contributed by atoms with Crippen LogP contribution in [0.4, 0.5) is 5.69 Å². The van der Waals surface area contributed by atoms with Gasteiger partial charge in [-0.05, 0) is 62.8 Å². The number of rotatable bonds is 9. The van der Waals surface area contributed by atoms with Gasteiger partial charge in [0, 0.05) is 17.0 Å². The molecule has 0 aromatic heterocycles. The Morgan fingerprint density at radius 1 is 1.06 bits per heavy atom. The summed E-state index contributed by atoms with van der Waals surface area (Å²) in [6, 6.07) is 18.1. The highest BCUT2D eigenvalue weighted by atomic mass is 16.5. The molecule has 5 heteroatoms. The molecule has 174 valence electrons. The molecule has 0 aliphatic carbocycles. The number of esters is 1. The van der Waals surface area contributed by atoms with Crippen molar-refractivity contribution >= 4 is 17.4 Å². The number of ketones is 1. The average molecular weight is 448 g/mol. The SMILES string of the molecule is C=C(C)Nc1ccc(CCC2OC(CCc3ccccc3)C(=C)C(=O)C2(C)C(=O)OC)cc1. The van der Waals surface area contributed by atoms with Crippen molar-refractivity contribution in [2.75, 3.05) is 12.4 Å². The first-order valence-corrected chi connectivity index (χ1v) is 11.3. The van der Waals surface area contributed by atoms with Gasteiger partial charge in [0.1, 0.15) is 0 Å². The molecule has 1 fully saturated rings. The smallest absolute Gasteiger partial charge is 0.322 e. The molecule has 2 aromatic carbocycles. The zero-order valence-corrected chi connectivity index (χ0v) is 19.7.